The summed E-state index contributed by atoms with van der Waals surface area (Å²) in [6.07, 6.45) is -3.47. The quantitative estimate of drug-likeness (QED) is 0.347. The average molecular weight is 434 g/mol. The number of ether oxygens (including phenoxy) is 1. The summed E-state index contributed by atoms with van der Waals surface area (Å²) >= 11 is 1.91. The Kier molecular flexibility index (Phi) is 4.35. The molecule has 5 N–H and O–H groups in total. The number of hydrogen-bond acceptors (Lipinski definition) is 8. The number of aliphatic hydroxyl groups is 2. The molecular formula is C12H15IN6O4. The standard InChI is InChI=1S/C12H15IN6O4/c1-2-15-10(22)7-5(20)6(21)11(23-7)19-3-16-4-8(14)17-12(13)18-9(4)19/h3,5-7,11,20-21H,2H2,1H3,(H,15,22)(H2,14,17,18)/t5-,6?,7-,11+/m0/s1. The van der Waals surface area contributed by atoms with Crippen molar-refractivity contribution in [2.24, 2.45) is 0 Å². The first-order valence-electron chi connectivity index (χ1n) is 6.89. The molecular weight excluding hydrogens is 419 g/mol. The van der Waals surface area contributed by atoms with E-state index in [-0.39, 0.29) is 5.82 Å². The number of aromatic nitrogens is 4. The highest BCUT2D eigenvalue weighted by atomic mass is 127. The number of anilines is 1. The highest BCUT2D eigenvalue weighted by Crippen LogP contribution is 2.32. The summed E-state index contributed by atoms with van der Waals surface area (Å²) in [5.41, 5.74) is 6.51. The summed E-state index contributed by atoms with van der Waals surface area (Å²) < 4.78 is 7.38. The highest BCUT2D eigenvalue weighted by Gasteiger charge is 2.47. The monoisotopic (exact) mass is 434 g/mol. The second-order valence-electron chi connectivity index (χ2n) is 5.02. The molecule has 0 bridgehead atoms. The molecule has 2 aromatic heterocycles. The minimum Gasteiger partial charge on any atom is -0.387 e. The van der Waals surface area contributed by atoms with Crippen LogP contribution in [-0.4, -0.2) is 60.5 Å². The third-order valence-electron chi connectivity index (χ3n) is 3.54. The van der Waals surface area contributed by atoms with Crippen LogP contribution in [0.3, 0.4) is 0 Å². The number of likely N-dealkylation sites (N-methyl/N-ethyl adjacent to an activating group) is 1. The van der Waals surface area contributed by atoms with Crippen LogP contribution in [0.4, 0.5) is 5.82 Å². The predicted octanol–water partition coefficient (Wildman–Crippen LogP) is -1.23. The Hall–Kier alpha value is -1.57. The number of nitrogens with two attached hydrogens (primary N) is 1. The van der Waals surface area contributed by atoms with Gasteiger partial charge in [-0.25, -0.2) is 15.0 Å². The van der Waals surface area contributed by atoms with Crippen molar-refractivity contribution in [1.29, 1.82) is 0 Å². The zero-order chi connectivity index (χ0) is 16.7. The third-order valence-corrected chi connectivity index (χ3v) is 4.03. The second-order valence-corrected chi connectivity index (χ2v) is 5.99. The van der Waals surface area contributed by atoms with Gasteiger partial charge >= 0.3 is 0 Å². The topological polar surface area (TPSA) is 148 Å². The smallest absolute Gasteiger partial charge is 0.252 e. The maximum absolute atomic E-state index is 11.9. The molecule has 0 spiro atoms. The molecule has 124 valence electrons. The molecule has 1 aliphatic rings. The summed E-state index contributed by atoms with van der Waals surface area (Å²) in [4.78, 5) is 24.2. The lowest BCUT2D eigenvalue weighted by Gasteiger charge is -2.16. The van der Waals surface area contributed by atoms with E-state index >= 15 is 0 Å². The number of aliphatic hydroxyl groups excluding tert-OH is 2. The van der Waals surface area contributed by atoms with Gasteiger partial charge in [-0.2, -0.15) is 0 Å². The van der Waals surface area contributed by atoms with E-state index in [1.165, 1.54) is 10.9 Å². The highest BCUT2D eigenvalue weighted by molar-refractivity contribution is 14.1. The van der Waals surface area contributed by atoms with Crippen LogP contribution in [0.5, 0.6) is 0 Å². The van der Waals surface area contributed by atoms with Gasteiger partial charge < -0.3 is 26.0 Å². The molecule has 1 unspecified atom stereocenters. The van der Waals surface area contributed by atoms with E-state index in [4.69, 9.17) is 10.5 Å². The van der Waals surface area contributed by atoms with Crippen molar-refractivity contribution in [3.05, 3.63) is 10.2 Å². The molecule has 10 nitrogen and oxygen atoms in total. The number of carbonyl (C=O) groups excluding carboxylic acids is 1. The molecule has 11 heteroatoms. The number of fused-ring (bicyclic) bond motifs is 1. The third kappa shape index (κ3) is 2.73. The minimum atomic E-state index is -1.36. The molecule has 0 aliphatic carbocycles. The van der Waals surface area contributed by atoms with E-state index in [0.717, 1.165) is 0 Å². The molecule has 23 heavy (non-hydrogen) atoms. The summed E-state index contributed by atoms with van der Waals surface area (Å²) in [6, 6.07) is 0. The summed E-state index contributed by atoms with van der Waals surface area (Å²) in [7, 11) is 0. The summed E-state index contributed by atoms with van der Waals surface area (Å²) in [5.74, 6) is -0.291. The van der Waals surface area contributed by atoms with Crippen molar-refractivity contribution < 1.29 is 19.7 Å². The summed E-state index contributed by atoms with van der Waals surface area (Å²) in [5, 5.41) is 22.9. The lowest BCUT2D eigenvalue weighted by molar-refractivity contribution is -0.137. The predicted molar refractivity (Wildman–Crippen MR) is 87.1 cm³/mol. The van der Waals surface area contributed by atoms with Crippen LogP contribution in [-0.2, 0) is 9.53 Å². The van der Waals surface area contributed by atoms with Crippen molar-refractivity contribution in [3.63, 3.8) is 0 Å². The fourth-order valence-electron chi connectivity index (χ4n) is 2.48. The first kappa shape index (κ1) is 16.3. The van der Waals surface area contributed by atoms with Crippen molar-refractivity contribution in [3.8, 4) is 0 Å². The van der Waals surface area contributed by atoms with Crippen LogP contribution < -0.4 is 11.1 Å². The fourth-order valence-corrected chi connectivity index (χ4v) is 2.97. The molecule has 1 aliphatic heterocycles. The van der Waals surface area contributed by atoms with E-state index in [1.54, 1.807) is 6.92 Å². The lowest BCUT2D eigenvalue weighted by atomic mass is 10.1. The molecule has 1 amide bonds. The maximum atomic E-state index is 11.9. The van der Waals surface area contributed by atoms with Crippen LogP contribution in [0.1, 0.15) is 13.2 Å². The molecule has 0 radical (unpaired) electrons. The zero-order valence-electron chi connectivity index (χ0n) is 12.0. The molecule has 1 saturated heterocycles. The molecule has 1 fully saturated rings. The van der Waals surface area contributed by atoms with Crippen molar-refractivity contribution in [2.45, 2.75) is 31.5 Å². The SMILES string of the molecule is CCNC(=O)[C@H]1O[C@@H](n2cnc3c(N)nc(I)nc32)C(O)[C@@H]1O. The second kappa shape index (κ2) is 6.14. The Bertz CT molecular complexity index is 752. The van der Waals surface area contributed by atoms with Gasteiger partial charge in [0.05, 0.1) is 6.33 Å². The Morgan fingerprint density at radius 3 is 2.91 bits per heavy atom. The van der Waals surface area contributed by atoms with E-state index in [1.807, 2.05) is 22.6 Å². The molecule has 2 aromatic rings. The molecule has 0 aromatic carbocycles. The van der Waals surface area contributed by atoms with Gasteiger partial charge in [-0.1, -0.05) is 0 Å². The van der Waals surface area contributed by atoms with E-state index < -0.39 is 30.4 Å². The molecule has 3 heterocycles. The molecule has 3 rings (SSSR count). The van der Waals surface area contributed by atoms with Crippen LogP contribution in [0.2, 0.25) is 0 Å². The van der Waals surface area contributed by atoms with Gasteiger partial charge in [-0.05, 0) is 6.92 Å². The van der Waals surface area contributed by atoms with Crippen molar-refractivity contribution >= 4 is 45.5 Å². The maximum Gasteiger partial charge on any atom is 0.252 e. The Morgan fingerprint density at radius 2 is 2.22 bits per heavy atom. The number of nitrogens with zero attached hydrogens (tertiary/aromatic N) is 4. The van der Waals surface area contributed by atoms with E-state index in [2.05, 4.69) is 20.3 Å². The first-order chi connectivity index (χ1) is 10.9. The first-order valence-corrected chi connectivity index (χ1v) is 7.96. The van der Waals surface area contributed by atoms with Crippen molar-refractivity contribution in [1.82, 2.24) is 24.8 Å². The fraction of sp³-hybridized carbons (Fsp3) is 0.500. The zero-order valence-corrected chi connectivity index (χ0v) is 14.2. The normalized spacial score (nSPS) is 27.5. The lowest BCUT2D eigenvalue weighted by Crippen LogP contribution is -2.42. The van der Waals surface area contributed by atoms with Crippen LogP contribution in [0.15, 0.2) is 6.33 Å². The number of carbonyl (C=O) groups is 1. The number of rotatable bonds is 3. The minimum absolute atomic E-state index is 0.200. The largest absolute Gasteiger partial charge is 0.387 e. The number of nitrogens with one attached hydrogen (secondary N) is 1. The van der Waals surface area contributed by atoms with Crippen LogP contribution >= 0.6 is 22.6 Å². The number of nitrogen functional groups attached to an aromatic ring is 1. The van der Waals surface area contributed by atoms with Crippen LogP contribution in [0.25, 0.3) is 11.2 Å². The Balaban J connectivity index is 1.98. The molecule has 0 saturated carbocycles. The Labute approximate surface area is 144 Å². The van der Waals surface area contributed by atoms with Crippen molar-refractivity contribution in [2.75, 3.05) is 12.3 Å². The summed E-state index contributed by atoms with van der Waals surface area (Å²) in [6.45, 7) is 2.14. The Morgan fingerprint density at radius 1 is 1.48 bits per heavy atom. The number of amides is 1. The van der Waals surface area contributed by atoms with Gasteiger partial charge in [0.1, 0.15) is 17.7 Å². The number of halogens is 1. The van der Waals surface area contributed by atoms with Gasteiger partial charge in [0.15, 0.2) is 27.6 Å². The van der Waals surface area contributed by atoms with E-state index in [9.17, 15) is 15.0 Å². The van der Waals surface area contributed by atoms with Gasteiger partial charge in [0, 0.05) is 29.1 Å². The van der Waals surface area contributed by atoms with Gasteiger partial charge in [-0.15, -0.1) is 0 Å². The average Bonchev–Trinajstić information content (AvgIpc) is 3.02. The van der Waals surface area contributed by atoms with Gasteiger partial charge in [0.25, 0.3) is 5.91 Å². The van der Waals surface area contributed by atoms with E-state index in [0.29, 0.717) is 21.5 Å². The number of imidazole rings is 1. The van der Waals surface area contributed by atoms with Gasteiger partial charge in [-0.3, -0.25) is 9.36 Å². The number of hydrogen-bond donors (Lipinski definition) is 4. The van der Waals surface area contributed by atoms with Gasteiger partial charge in [0.2, 0.25) is 0 Å². The van der Waals surface area contributed by atoms with Crippen LogP contribution in [0, 0.1) is 3.83 Å². The molecule has 4 atom stereocenters.